The van der Waals surface area contributed by atoms with Gasteiger partial charge in [-0.25, -0.2) is 17.9 Å². The van der Waals surface area contributed by atoms with E-state index in [0.717, 1.165) is 11.6 Å². The summed E-state index contributed by atoms with van der Waals surface area (Å²) in [7, 11) is 0.258. The second kappa shape index (κ2) is 9.25. The SMILES string of the molecule is COc1ccc(CNS(=O)(=O)c2cc(C=CC(=O)O)cc(OC)c2OC)cc1. The van der Waals surface area contributed by atoms with Gasteiger partial charge in [0.1, 0.15) is 10.6 Å². The molecule has 2 aromatic carbocycles. The Morgan fingerprint density at radius 1 is 1.07 bits per heavy atom. The van der Waals surface area contributed by atoms with Crippen LogP contribution in [0.2, 0.25) is 0 Å². The molecule has 9 heteroatoms. The second-order valence-electron chi connectivity index (χ2n) is 5.60. The van der Waals surface area contributed by atoms with Crippen LogP contribution in [0.3, 0.4) is 0 Å². The van der Waals surface area contributed by atoms with Crippen LogP contribution in [-0.2, 0) is 21.4 Å². The molecule has 8 nitrogen and oxygen atoms in total. The summed E-state index contributed by atoms with van der Waals surface area (Å²) in [6.45, 7) is 0.0486. The van der Waals surface area contributed by atoms with Crippen molar-refractivity contribution >= 4 is 22.1 Å². The van der Waals surface area contributed by atoms with Gasteiger partial charge in [-0.05, 0) is 41.5 Å². The number of methoxy groups -OCH3 is 3. The number of nitrogens with one attached hydrogen (secondary N) is 1. The van der Waals surface area contributed by atoms with E-state index >= 15 is 0 Å². The van der Waals surface area contributed by atoms with E-state index in [-0.39, 0.29) is 22.9 Å². The molecule has 0 spiro atoms. The van der Waals surface area contributed by atoms with E-state index < -0.39 is 16.0 Å². The van der Waals surface area contributed by atoms with E-state index in [1.54, 1.807) is 31.4 Å². The number of carboxylic acid groups (broad SMARTS) is 1. The zero-order chi connectivity index (χ0) is 20.7. The van der Waals surface area contributed by atoms with Gasteiger partial charge in [-0.2, -0.15) is 0 Å². The Kier molecular flexibility index (Phi) is 7.02. The van der Waals surface area contributed by atoms with Gasteiger partial charge in [0.2, 0.25) is 10.0 Å². The van der Waals surface area contributed by atoms with Crippen LogP contribution in [0.5, 0.6) is 17.2 Å². The summed E-state index contributed by atoms with van der Waals surface area (Å²) in [5.74, 6) is -0.301. The van der Waals surface area contributed by atoms with Gasteiger partial charge in [-0.3, -0.25) is 0 Å². The molecule has 150 valence electrons. The van der Waals surface area contributed by atoms with Crippen molar-refractivity contribution in [3.05, 3.63) is 53.6 Å². The van der Waals surface area contributed by atoms with Gasteiger partial charge < -0.3 is 19.3 Å². The Bertz CT molecular complexity index is 967. The lowest BCUT2D eigenvalue weighted by atomic mass is 10.2. The molecule has 28 heavy (non-hydrogen) atoms. The first-order valence-electron chi connectivity index (χ1n) is 8.10. The van der Waals surface area contributed by atoms with E-state index in [0.29, 0.717) is 11.3 Å². The molecule has 0 fully saturated rings. The molecule has 0 unspecified atom stereocenters. The van der Waals surface area contributed by atoms with Gasteiger partial charge in [-0.15, -0.1) is 0 Å². The van der Waals surface area contributed by atoms with Crippen LogP contribution in [0, 0.1) is 0 Å². The first kappa shape index (κ1) is 21.3. The summed E-state index contributed by atoms with van der Waals surface area (Å²) in [5.41, 5.74) is 1.07. The third kappa shape index (κ3) is 5.24. The van der Waals surface area contributed by atoms with E-state index in [9.17, 15) is 13.2 Å². The lowest BCUT2D eigenvalue weighted by Crippen LogP contribution is -2.24. The fourth-order valence-electron chi connectivity index (χ4n) is 2.41. The molecule has 0 saturated heterocycles. The van der Waals surface area contributed by atoms with Crippen LogP contribution in [-0.4, -0.2) is 40.8 Å². The van der Waals surface area contributed by atoms with Crippen LogP contribution in [0.4, 0.5) is 0 Å². The number of carbonyl (C=O) groups is 1. The van der Waals surface area contributed by atoms with Gasteiger partial charge >= 0.3 is 5.97 Å². The number of ether oxygens (including phenoxy) is 3. The minimum atomic E-state index is -3.98. The average Bonchev–Trinajstić information content (AvgIpc) is 2.70. The van der Waals surface area contributed by atoms with Crippen molar-refractivity contribution in [3.8, 4) is 17.2 Å². The van der Waals surface area contributed by atoms with Crippen LogP contribution in [0.25, 0.3) is 6.08 Å². The summed E-state index contributed by atoms with van der Waals surface area (Å²) in [4.78, 5) is 10.6. The average molecular weight is 407 g/mol. The van der Waals surface area contributed by atoms with Crippen molar-refractivity contribution < 1.29 is 32.5 Å². The summed E-state index contributed by atoms with van der Waals surface area (Å²) >= 11 is 0. The fourth-order valence-corrected chi connectivity index (χ4v) is 3.64. The monoisotopic (exact) mass is 407 g/mol. The number of sulfonamides is 1. The van der Waals surface area contributed by atoms with Crippen molar-refractivity contribution in [1.29, 1.82) is 0 Å². The highest BCUT2D eigenvalue weighted by Gasteiger charge is 2.23. The van der Waals surface area contributed by atoms with Crippen molar-refractivity contribution in [2.24, 2.45) is 0 Å². The molecule has 0 aliphatic heterocycles. The Labute approximate surface area is 163 Å². The normalized spacial score (nSPS) is 11.4. The first-order valence-corrected chi connectivity index (χ1v) is 9.58. The van der Waals surface area contributed by atoms with Gasteiger partial charge in [0, 0.05) is 12.6 Å². The Morgan fingerprint density at radius 3 is 2.29 bits per heavy atom. The number of hydrogen-bond acceptors (Lipinski definition) is 6. The van der Waals surface area contributed by atoms with E-state index in [1.807, 2.05) is 0 Å². The number of hydrogen-bond donors (Lipinski definition) is 2. The number of aliphatic carboxylic acids is 1. The van der Waals surface area contributed by atoms with Crippen molar-refractivity contribution in [3.63, 3.8) is 0 Å². The summed E-state index contributed by atoms with van der Waals surface area (Å²) < 4.78 is 43.7. The molecule has 0 heterocycles. The lowest BCUT2D eigenvalue weighted by molar-refractivity contribution is -0.131. The van der Waals surface area contributed by atoms with Crippen molar-refractivity contribution in [2.75, 3.05) is 21.3 Å². The third-order valence-corrected chi connectivity index (χ3v) is 5.21. The maximum absolute atomic E-state index is 12.9. The van der Waals surface area contributed by atoms with E-state index in [4.69, 9.17) is 19.3 Å². The predicted molar refractivity (Wildman–Crippen MR) is 103 cm³/mol. The van der Waals surface area contributed by atoms with Gasteiger partial charge in [-0.1, -0.05) is 12.1 Å². The maximum atomic E-state index is 12.9. The summed E-state index contributed by atoms with van der Waals surface area (Å²) in [6, 6.07) is 9.74. The Balaban J connectivity index is 2.38. The largest absolute Gasteiger partial charge is 0.497 e. The van der Waals surface area contributed by atoms with Crippen molar-refractivity contribution in [2.45, 2.75) is 11.4 Å². The predicted octanol–water partition coefficient (Wildman–Crippen LogP) is 2.29. The number of rotatable bonds is 9. The van der Waals surface area contributed by atoms with E-state index in [1.165, 1.54) is 32.4 Å². The van der Waals surface area contributed by atoms with Gasteiger partial charge in [0.05, 0.1) is 21.3 Å². The minimum absolute atomic E-state index is 0.0252. The van der Waals surface area contributed by atoms with Crippen LogP contribution < -0.4 is 18.9 Å². The second-order valence-corrected chi connectivity index (χ2v) is 7.33. The molecule has 0 aliphatic rings. The Hall–Kier alpha value is -3.04. The zero-order valence-corrected chi connectivity index (χ0v) is 16.4. The molecular weight excluding hydrogens is 386 g/mol. The molecule has 0 atom stereocenters. The molecule has 0 saturated carbocycles. The quantitative estimate of drug-likeness (QED) is 0.614. The maximum Gasteiger partial charge on any atom is 0.328 e. The summed E-state index contributed by atoms with van der Waals surface area (Å²) in [6.07, 6.45) is 2.18. The standard InChI is InChI=1S/C19H21NO7S/c1-25-15-7-4-13(5-8-15)12-20-28(23,24)17-11-14(6-9-18(21)22)10-16(26-2)19(17)27-3/h4-11,20H,12H2,1-3H3,(H,21,22). The molecule has 0 radical (unpaired) electrons. The topological polar surface area (TPSA) is 111 Å². The van der Waals surface area contributed by atoms with Gasteiger partial charge in [0.25, 0.3) is 0 Å². The molecule has 2 N–H and O–H groups in total. The summed E-state index contributed by atoms with van der Waals surface area (Å²) in [5, 5.41) is 8.80. The number of benzene rings is 2. The highest BCUT2D eigenvalue weighted by molar-refractivity contribution is 7.89. The highest BCUT2D eigenvalue weighted by atomic mass is 32.2. The Morgan fingerprint density at radius 2 is 1.75 bits per heavy atom. The minimum Gasteiger partial charge on any atom is -0.497 e. The molecule has 0 amide bonds. The van der Waals surface area contributed by atoms with Gasteiger partial charge in [0.15, 0.2) is 11.5 Å². The molecule has 0 aliphatic carbocycles. The zero-order valence-electron chi connectivity index (χ0n) is 15.6. The smallest absolute Gasteiger partial charge is 0.328 e. The lowest BCUT2D eigenvalue weighted by Gasteiger charge is -2.15. The molecule has 2 rings (SSSR count). The van der Waals surface area contributed by atoms with Crippen LogP contribution in [0.15, 0.2) is 47.4 Å². The number of carboxylic acids is 1. The van der Waals surface area contributed by atoms with E-state index in [2.05, 4.69) is 4.72 Å². The first-order chi connectivity index (χ1) is 13.3. The molecular formula is C19H21NO7S. The van der Waals surface area contributed by atoms with Crippen LogP contribution >= 0.6 is 0 Å². The third-order valence-electron chi connectivity index (χ3n) is 3.80. The molecule has 2 aromatic rings. The fraction of sp³-hybridized carbons (Fsp3) is 0.211. The highest BCUT2D eigenvalue weighted by Crippen LogP contribution is 2.36. The molecule has 0 aromatic heterocycles. The molecule has 0 bridgehead atoms. The van der Waals surface area contributed by atoms with Crippen molar-refractivity contribution in [1.82, 2.24) is 4.72 Å². The van der Waals surface area contributed by atoms with Crippen LogP contribution in [0.1, 0.15) is 11.1 Å².